The number of carbonyl (C=O) groups excluding carboxylic acids is 2. The molecule has 0 spiro atoms. The largest absolute Gasteiger partial charge is 0.486 e. The third-order valence-corrected chi connectivity index (χ3v) is 4.48. The van der Waals surface area contributed by atoms with Crippen molar-refractivity contribution in [3.63, 3.8) is 0 Å². The molecule has 8 heteroatoms. The molecular formula is C18H17FN2O4S. The van der Waals surface area contributed by atoms with Gasteiger partial charge in [-0.05, 0) is 36.4 Å². The van der Waals surface area contributed by atoms with Crippen molar-refractivity contribution < 1.29 is 23.5 Å². The molecule has 3 rings (SSSR count). The van der Waals surface area contributed by atoms with Crippen LogP contribution in [0, 0.1) is 5.82 Å². The van der Waals surface area contributed by atoms with Crippen molar-refractivity contribution in [1.82, 2.24) is 5.32 Å². The van der Waals surface area contributed by atoms with E-state index >= 15 is 0 Å². The van der Waals surface area contributed by atoms with Gasteiger partial charge in [-0.2, -0.15) is 0 Å². The molecule has 0 aromatic heterocycles. The highest BCUT2D eigenvalue weighted by Gasteiger charge is 2.13. The lowest BCUT2D eigenvalue weighted by Gasteiger charge is -2.19. The maximum absolute atomic E-state index is 12.8. The molecule has 1 heterocycles. The predicted molar refractivity (Wildman–Crippen MR) is 96.3 cm³/mol. The Morgan fingerprint density at radius 1 is 1.04 bits per heavy atom. The molecule has 26 heavy (non-hydrogen) atoms. The van der Waals surface area contributed by atoms with Crippen molar-refractivity contribution >= 4 is 29.4 Å². The average Bonchev–Trinajstić information content (AvgIpc) is 2.63. The Morgan fingerprint density at radius 3 is 2.54 bits per heavy atom. The standard InChI is InChI=1S/C18H17FN2O4S/c19-12-1-4-14(5-2-12)26-10-7-17(22)21-18(23)20-13-3-6-15-16(11-13)25-9-8-24-15/h1-6,11H,7-10H2,(H2,20,21,22,23). The Balaban J connectivity index is 1.42. The van der Waals surface area contributed by atoms with Crippen LogP contribution in [0.5, 0.6) is 11.5 Å². The lowest BCUT2D eigenvalue weighted by molar-refractivity contribution is -0.119. The Morgan fingerprint density at radius 2 is 1.77 bits per heavy atom. The van der Waals surface area contributed by atoms with Crippen LogP contribution in [0.4, 0.5) is 14.9 Å². The van der Waals surface area contributed by atoms with Gasteiger partial charge < -0.3 is 14.8 Å². The van der Waals surface area contributed by atoms with Crippen LogP contribution in [0.3, 0.4) is 0 Å². The summed E-state index contributed by atoms with van der Waals surface area (Å²) in [7, 11) is 0. The summed E-state index contributed by atoms with van der Waals surface area (Å²) in [5.74, 6) is 0.958. The van der Waals surface area contributed by atoms with Crippen molar-refractivity contribution in [2.24, 2.45) is 0 Å². The van der Waals surface area contributed by atoms with E-state index in [0.717, 1.165) is 4.90 Å². The lowest BCUT2D eigenvalue weighted by Crippen LogP contribution is -2.34. The number of ether oxygens (including phenoxy) is 2. The fourth-order valence-electron chi connectivity index (χ4n) is 2.26. The van der Waals surface area contributed by atoms with Crippen LogP contribution in [-0.2, 0) is 4.79 Å². The number of hydrogen-bond acceptors (Lipinski definition) is 5. The monoisotopic (exact) mass is 376 g/mol. The third-order valence-electron chi connectivity index (χ3n) is 3.46. The quantitative estimate of drug-likeness (QED) is 0.782. The summed E-state index contributed by atoms with van der Waals surface area (Å²) < 4.78 is 23.7. The molecule has 136 valence electrons. The number of halogens is 1. The van der Waals surface area contributed by atoms with E-state index in [9.17, 15) is 14.0 Å². The van der Waals surface area contributed by atoms with Gasteiger partial charge in [-0.25, -0.2) is 9.18 Å². The van der Waals surface area contributed by atoms with Crippen LogP contribution >= 0.6 is 11.8 Å². The normalized spacial score (nSPS) is 12.3. The van der Waals surface area contributed by atoms with Crippen LogP contribution in [-0.4, -0.2) is 30.9 Å². The second kappa shape index (κ2) is 8.57. The Kier molecular flexibility index (Phi) is 5.96. The molecule has 0 unspecified atom stereocenters. The zero-order valence-electron chi connectivity index (χ0n) is 13.8. The molecule has 2 N–H and O–H groups in total. The summed E-state index contributed by atoms with van der Waals surface area (Å²) in [5.41, 5.74) is 0.500. The number of imide groups is 1. The number of urea groups is 1. The Labute approximate surface area is 154 Å². The molecule has 6 nitrogen and oxygen atoms in total. The van der Waals surface area contributed by atoms with Gasteiger partial charge in [0.25, 0.3) is 0 Å². The first kappa shape index (κ1) is 18.1. The van der Waals surface area contributed by atoms with E-state index in [0.29, 0.717) is 36.2 Å². The van der Waals surface area contributed by atoms with E-state index in [2.05, 4.69) is 10.6 Å². The highest BCUT2D eigenvalue weighted by Crippen LogP contribution is 2.32. The molecule has 0 fully saturated rings. The second-order valence-corrected chi connectivity index (χ2v) is 6.58. The summed E-state index contributed by atoms with van der Waals surface area (Å²) >= 11 is 1.41. The van der Waals surface area contributed by atoms with Gasteiger partial charge in [0.05, 0.1) is 0 Å². The van der Waals surface area contributed by atoms with Crippen LogP contribution in [0.25, 0.3) is 0 Å². The number of hydrogen-bond donors (Lipinski definition) is 2. The van der Waals surface area contributed by atoms with E-state index < -0.39 is 11.9 Å². The summed E-state index contributed by atoms with van der Waals surface area (Å²) in [6.45, 7) is 0.942. The molecule has 2 aromatic carbocycles. The highest BCUT2D eigenvalue weighted by atomic mass is 32.2. The minimum atomic E-state index is -0.613. The molecule has 0 atom stereocenters. The Bertz CT molecular complexity index is 798. The number of anilines is 1. The van der Waals surface area contributed by atoms with Crippen LogP contribution in [0.1, 0.15) is 6.42 Å². The number of nitrogens with one attached hydrogen (secondary N) is 2. The van der Waals surface area contributed by atoms with Gasteiger partial charge in [-0.3, -0.25) is 10.1 Å². The zero-order chi connectivity index (χ0) is 18.4. The highest BCUT2D eigenvalue weighted by molar-refractivity contribution is 7.99. The predicted octanol–water partition coefficient (Wildman–Crippen LogP) is 3.43. The molecule has 0 saturated carbocycles. The second-order valence-electron chi connectivity index (χ2n) is 5.41. The number of fused-ring (bicyclic) bond motifs is 1. The summed E-state index contributed by atoms with van der Waals surface area (Å²) in [6, 6.07) is 10.4. The number of carbonyl (C=O) groups is 2. The van der Waals surface area contributed by atoms with Crippen molar-refractivity contribution in [2.45, 2.75) is 11.3 Å². The maximum atomic E-state index is 12.8. The van der Waals surface area contributed by atoms with Gasteiger partial charge in [-0.1, -0.05) is 0 Å². The average molecular weight is 376 g/mol. The van der Waals surface area contributed by atoms with Crippen LogP contribution in [0.2, 0.25) is 0 Å². The molecule has 3 amide bonds. The molecule has 0 bridgehead atoms. The van der Waals surface area contributed by atoms with Crippen molar-refractivity contribution in [3.05, 3.63) is 48.3 Å². The summed E-state index contributed by atoms with van der Waals surface area (Å²) in [6.07, 6.45) is 0.163. The number of thioether (sulfide) groups is 1. The van der Waals surface area contributed by atoms with Gasteiger partial charge in [0, 0.05) is 28.8 Å². The minimum absolute atomic E-state index is 0.163. The van der Waals surface area contributed by atoms with E-state index in [1.807, 2.05) is 0 Å². The molecule has 0 saturated heterocycles. The SMILES string of the molecule is O=C(CCSc1ccc(F)cc1)NC(=O)Nc1ccc2c(c1)OCCO2. The number of benzene rings is 2. The third kappa shape index (κ3) is 5.13. The van der Waals surface area contributed by atoms with E-state index in [-0.39, 0.29) is 12.2 Å². The smallest absolute Gasteiger partial charge is 0.325 e. The molecular weight excluding hydrogens is 359 g/mol. The van der Waals surface area contributed by atoms with Crippen molar-refractivity contribution in [1.29, 1.82) is 0 Å². The first-order valence-electron chi connectivity index (χ1n) is 7.99. The van der Waals surface area contributed by atoms with Gasteiger partial charge in [-0.15, -0.1) is 11.8 Å². The molecule has 2 aromatic rings. The molecule has 0 aliphatic carbocycles. The van der Waals surface area contributed by atoms with E-state index in [1.165, 1.54) is 23.9 Å². The summed E-state index contributed by atoms with van der Waals surface area (Å²) in [5, 5.41) is 4.85. The van der Waals surface area contributed by atoms with Gasteiger partial charge >= 0.3 is 6.03 Å². The molecule has 0 radical (unpaired) electrons. The van der Waals surface area contributed by atoms with Gasteiger partial charge in [0.1, 0.15) is 19.0 Å². The lowest BCUT2D eigenvalue weighted by atomic mass is 10.2. The van der Waals surface area contributed by atoms with Crippen LogP contribution in [0.15, 0.2) is 47.4 Å². The van der Waals surface area contributed by atoms with Crippen molar-refractivity contribution in [3.8, 4) is 11.5 Å². The van der Waals surface area contributed by atoms with Crippen molar-refractivity contribution in [2.75, 3.05) is 24.3 Å². The Hall–Kier alpha value is -2.74. The fraction of sp³-hybridized carbons (Fsp3) is 0.222. The molecule has 1 aliphatic heterocycles. The zero-order valence-corrected chi connectivity index (χ0v) is 14.6. The number of amides is 3. The number of rotatable bonds is 5. The topological polar surface area (TPSA) is 76.7 Å². The van der Waals surface area contributed by atoms with E-state index in [1.54, 1.807) is 30.3 Å². The molecule has 1 aliphatic rings. The first-order chi connectivity index (χ1) is 12.6. The summed E-state index contributed by atoms with van der Waals surface area (Å²) in [4.78, 5) is 24.6. The van der Waals surface area contributed by atoms with Crippen LogP contribution < -0.4 is 20.1 Å². The fourth-order valence-corrected chi connectivity index (χ4v) is 3.12. The van der Waals surface area contributed by atoms with E-state index in [4.69, 9.17) is 9.47 Å². The minimum Gasteiger partial charge on any atom is -0.486 e. The maximum Gasteiger partial charge on any atom is 0.325 e. The first-order valence-corrected chi connectivity index (χ1v) is 8.97. The van der Waals surface area contributed by atoms with Gasteiger partial charge in [0.15, 0.2) is 11.5 Å². The van der Waals surface area contributed by atoms with Gasteiger partial charge in [0.2, 0.25) is 5.91 Å².